The van der Waals surface area contributed by atoms with Crippen LogP contribution in [0.1, 0.15) is 17.2 Å². The number of aromatic hydroxyl groups is 1. The molecule has 0 spiro atoms. The van der Waals surface area contributed by atoms with Gasteiger partial charge in [-0.2, -0.15) is 0 Å². The number of hydrogen-bond donors (Lipinski definition) is 4. The summed E-state index contributed by atoms with van der Waals surface area (Å²) in [5.41, 5.74) is 3.60. The van der Waals surface area contributed by atoms with Crippen LogP contribution in [0.15, 0.2) is 95.8 Å². The molecule has 0 radical (unpaired) electrons. The highest BCUT2D eigenvalue weighted by molar-refractivity contribution is 6.30. The number of aromatic amines is 1. The normalized spacial score (nSPS) is 11.9. The highest BCUT2D eigenvalue weighted by Gasteiger charge is 2.14. The Kier molecular flexibility index (Phi) is 8.36. The SMILES string of the molecule is COc1ccc(Oc2ccc(CCNCC(O)c3ccc(O)c4[nH]c(=O)ccc34)cc2)cc1-c1cccc(Cl)c1. The van der Waals surface area contributed by atoms with Gasteiger partial charge in [-0.3, -0.25) is 4.79 Å². The summed E-state index contributed by atoms with van der Waals surface area (Å²) in [6.45, 7) is 0.984. The van der Waals surface area contributed by atoms with Crippen molar-refractivity contribution in [2.24, 2.45) is 0 Å². The number of phenolic OH excluding ortho intramolecular Hbond substituents is 1. The lowest BCUT2D eigenvalue weighted by Gasteiger charge is -2.15. The molecule has 4 aromatic carbocycles. The summed E-state index contributed by atoms with van der Waals surface area (Å²) < 4.78 is 11.6. The second kappa shape index (κ2) is 12.3. The number of hydrogen-bond acceptors (Lipinski definition) is 6. The molecule has 40 heavy (non-hydrogen) atoms. The molecule has 8 heteroatoms. The fraction of sp³-hybridized carbons (Fsp3) is 0.156. The van der Waals surface area contributed by atoms with Crippen molar-refractivity contribution in [1.82, 2.24) is 10.3 Å². The second-order valence-corrected chi connectivity index (χ2v) is 9.81. The minimum atomic E-state index is -0.800. The maximum atomic E-state index is 11.6. The number of aromatic nitrogens is 1. The predicted octanol–water partition coefficient (Wildman–Crippen LogP) is 6.22. The molecule has 7 nitrogen and oxygen atoms in total. The molecule has 0 aliphatic carbocycles. The molecule has 0 saturated carbocycles. The summed E-state index contributed by atoms with van der Waals surface area (Å²) in [7, 11) is 1.64. The molecule has 0 aliphatic rings. The Hall–Kier alpha value is -4.30. The average Bonchev–Trinajstić information content (AvgIpc) is 2.96. The van der Waals surface area contributed by atoms with Gasteiger partial charge in [0.05, 0.1) is 18.7 Å². The first-order valence-electron chi connectivity index (χ1n) is 12.9. The summed E-state index contributed by atoms with van der Waals surface area (Å²) in [6, 6.07) is 27.3. The van der Waals surface area contributed by atoms with Crippen LogP contribution in [0.5, 0.6) is 23.0 Å². The van der Waals surface area contributed by atoms with Crippen molar-refractivity contribution in [3.63, 3.8) is 0 Å². The number of phenols is 1. The summed E-state index contributed by atoms with van der Waals surface area (Å²) in [6.07, 6.45) is -0.0379. The Balaban J connectivity index is 1.17. The van der Waals surface area contributed by atoms with Crippen LogP contribution in [-0.2, 0) is 6.42 Å². The van der Waals surface area contributed by atoms with Gasteiger partial charge in [-0.05, 0) is 84.3 Å². The van der Waals surface area contributed by atoms with Crippen molar-refractivity contribution >= 4 is 22.5 Å². The first kappa shape index (κ1) is 27.3. The van der Waals surface area contributed by atoms with E-state index in [0.29, 0.717) is 46.1 Å². The minimum Gasteiger partial charge on any atom is -0.506 e. The van der Waals surface area contributed by atoms with Crippen molar-refractivity contribution in [3.8, 4) is 34.1 Å². The van der Waals surface area contributed by atoms with Gasteiger partial charge in [0.15, 0.2) is 0 Å². The lowest BCUT2D eigenvalue weighted by molar-refractivity contribution is 0.176. The minimum absolute atomic E-state index is 0.0300. The lowest BCUT2D eigenvalue weighted by atomic mass is 10.0. The van der Waals surface area contributed by atoms with Crippen molar-refractivity contribution in [2.75, 3.05) is 20.2 Å². The van der Waals surface area contributed by atoms with E-state index in [1.54, 1.807) is 19.2 Å². The molecule has 0 aliphatic heterocycles. The number of methoxy groups -OCH3 is 1. The zero-order valence-electron chi connectivity index (χ0n) is 21.9. The second-order valence-electron chi connectivity index (χ2n) is 9.37. The van der Waals surface area contributed by atoms with Crippen LogP contribution in [0, 0.1) is 0 Å². The Morgan fingerprint density at radius 3 is 2.52 bits per heavy atom. The van der Waals surface area contributed by atoms with Crippen molar-refractivity contribution in [2.45, 2.75) is 12.5 Å². The van der Waals surface area contributed by atoms with Gasteiger partial charge in [-0.15, -0.1) is 0 Å². The molecule has 1 atom stereocenters. The molecule has 0 saturated heterocycles. The van der Waals surface area contributed by atoms with E-state index in [0.717, 1.165) is 28.9 Å². The molecule has 0 amide bonds. The molecule has 4 N–H and O–H groups in total. The van der Waals surface area contributed by atoms with Gasteiger partial charge >= 0.3 is 0 Å². The highest BCUT2D eigenvalue weighted by atomic mass is 35.5. The molecule has 204 valence electrons. The number of aliphatic hydroxyl groups is 1. The highest BCUT2D eigenvalue weighted by Crippen LogP contribution is 2.36. The Bertz CT molecular complexity index is 1680. The molecular formula is C32H29ClN2O5. The molecule has 5 aromatic rings. The van der Waals surface area contributed by atoms with Crippen molar-refractivity contribution in [1.29, 1.82) is 0 Å². The third-order valence-corrected chi connectivity index (χ3v) is 6.89. The molecule has 0 fully saturated rings. The molecular weight excluding hydrogens is 528 g/mol. The zero-order valence-corrected chi connectivity index (χ0v) is 22.6. The van der Waals surface area contributed by atoms with E-state index in [2.05, 4.69) is 10.3 Å². The number of pyridine rings is 1. The maximum absolute atomic E-state index is 11.6. The largest absolute Gasteiger partial charge is 0.506 e. The number of nitrogens with one attached hydrogen (secondary N) is 2. The zero-order chi connectivity index (χ0) is 28.1. The van der Waals surface area contributed by atoms with E-state index in [1.165, 1.54) is 12.1 Å². The first-order valence-corrected chi connectivity index (χ1v) is 13.2. The summed E-state index contributed by atoms with van der Waals surface area (Å²) in [5.74, 6) is 2.10. The van der Waals surface area contributed by atoms with Gasteiger partial charge in [-0.25, -0.2) is 0 Å². The predicted molar refractivity (Wildman–Crippen MR) is 158 cm³/mol. The van der Waals surface area contributed by atoms with Gasteiger partial charge in [0.25, 0.3) is 0 Å². The quantitative estimate of drug-likeness (QED) is 0.152. The van der Waals surface area contributed by atoms with Crippen LogP contribution in [0.2, 0.25) is 5.02 Å². The Morgan fingerprint density at radius 2 is 1.75 bits per heavy atom. The number of ether oxygens (including phenoxy) is 2. The van der Waals surface area contributed by atoms with E-state index in [-0.39, 0.29) is 11.3 Å². The van der Waals surface area contributed by atoms with Crippen LogP contribution >= 0.6 is 11.6 Å². The molecule has 1 aromatic heterocycles. The number of aliphatic hydroxyl groups excluding tert-OH is 1. The smallest absolute Gasteiger partial charge is 0.248 e. The monoisotopic (exact) mass is 556 g/mol. The lowest BCUT2D eigenvalue weighted by Crippen LogP contribution is -2.24. The Morgan fingerprint density at radius 1 is 0.950 bits per heavy atom. The third-order valence-electron chi connectivity index (χ3n) is 6.66. The van der Waals surface area contributed by atoms with Crippen LogP contribution in [0.3, 0.4) is 0 Å². The summed E-state index contributed by atoms with van der Waals surface area (Å²) in [4.78, 5) is 14.2. The maximum Gasteiger partial charge on any atom is 0.248 e. The van der Waals surface area contributed by atoms with Crippen molar-refractivity contribution < 1.29 is 19.7 Å². The fourth-order valence-electron chi connectivity index (χ4n) is 4.62. The van der Waals surface area contributed by atoms with Gasteiger partial charge in [0, 0.05) is 28.6 Å². The van der Waals surface area contributed by atoms with Crippen LogP contribution in [0.4, 0.5) is 0 Å². The van der Waals surface area contributed by atoms with Gasteiger partial charge in [0.1, 0.15) is 23.0 Å². The fourth-order valence-corrected chi connectivity index (χ4v) is 4.81. The van der Waals surface area contributed by atoms with Crippen molar-refractivity contribution in [3.05, 3.63) is 117 Å². The third kappa shape index (κ3) is 6.29. The topological polar surface area (TPSA) is 104 Å². The van der Waals surface area contributed by atoms with Gasteiger partial charge in [-0.1, -0.05) is 41.9 Å². The molecule has 1 unspecified atom stereocenters. The van der Waals surface area contributed by atoms with Crippen LogP contribution < -0.4 is 20.3 Å². The van der Waals surface area contributed by atoms with E-state index in [9.17, 15) is 15.0 Å². The number of rotatable bonds is 10. The van der Waals surface area contributed by atoms with E-state index in [4.69, 9.17) is 21.1 Å². The van der Waals surface area contributed by atoms with Gasteiger partial charge in [0.2, 0.25) is 5.56 Å². The van der Waals surface area contributed by atoms with Crippen LogP contribution in [0.25, 0.3) is 22.0 Å². The number of halogens is 1. The number of benzene rings is 4. The average molecular weight is 557 g/mol. The molecule has 1 heterocycles. The number of fused-ring (bicyclic) bond motifs is 1. The Labute approximate surface area is 236 Å². The van der Waals surface area contributed by atoms with E-state index >= 15 is 0 Å². The summed E-state index contributed by atoms with van der Waals surface area (Å²) in [5, 5.41) is 25.3. The standard InChI is InChI=1S/C32H29ClN2O5/c1-39-30-13-9-24(18-27(30)21-3-2-4-22(33)17-21)40-23-7-5-20(6-8-23)15-16-34-19-29(37)25-10-12-28(36)32-26(25)11-14-31(38)35-32/h2-14,17-18,29,34,36-37H,15-16,19H2,1H3,(H,35,38). The van der Waals surface area contributed by atoms with Gasteiger partial charge < -0.3 is 30.0 Å². The van der Waals surface area contributed by atoms with E-state index < -0.39 is 6.10 Å². The molecule has 5 rings (SSSR count). The first-order chi connectivity index (χ1) is 19.4. The number of H-pyrrole nitrogens is 1. The summed E-state index contributed by atoms with van der Waals surface area (Å²) >= 11 is 6.19. The molecule has 0 bridgehead atoms. The van der Waals surface area contributed by atoms with Crippen LogP contribution in [-0.4, -0.2) is 35.4 Å². The van der Waals surface area contributed by atoms with E-state index in [1.807, 2.05) is 66.7 Å².